The second-order valence-corrected chi connectivity index (χ2v) is 14.7. The molecule has 5 heterocycles. The molecule has 0 aromatic carbocycles. The summed E-state index contributed by atoms with van der Waals surface area (Å²) in [5.74, 6) is -0.805. The molecule has 59 heavy (non-hydrogen) atoms. The molecule has 344 valence electrons. The molecular weight excluding hydrogens is 814 g/mol. The summed E-state index contributed by atoms with van der Waals surface area (Å²) in [6.45, 7) is -3.58. The van der Waals surface area contributed by atoms with Crippen molar-refractivity contribution in [1.82, 2.24) is 5.32 Å². The van der Waals surface area contributed by atoms with Crippen LogP contribution >= 0.6 is 0 Å². The number of aliphatic hydroxyl groups excluding tert-OH is 16. The van der Waals surface area contributed by atoms with Crippen LogP contribution in [0.15, 0.2) is 0 Å². The number of rotatable bonds is 14. The van der Waals surface area contributed by atoms with Crippen LogP contribution in [0.25, 0.3) is 0 Å². The van der Waals surface area contributed by atoms with Crippen LogP contribution < -0.4 is 5.32 Å². The quantitative estimate of drug-likeness (QED) is 0.0770. The molecule has 5 rings (SSSR count). The van der Waals surface area contributed by atoms with E-state index in [0.717, 1.165) is 6.92 Å². The molecule has 5 fully saturated rings. The van der Waals surface area contributed by atoms with E-state index in [2.05, 4.69) is 5.32 Å². The zero-order valence-electron chi connectivity index (χ0n) is 31.2. The molecule has 5 saturated heterocycles. The molecule has 0 aliphatic carbocycles. The van der Waals surface area contributed by atoms with Crippen LogP contribution in [0.4, 0.5) is 0 Å². The van der Waals surface area contributed by atoms with Crippen molar-refractivity contribution < 1.29 is 129 Å². The number of carbonyl (C=O) groups excluding carboxylic acids is 1. The standard InChI is InChI=1S/C32H55NO26/c1-7(39)33-13-26(58-30-21(47)17(43)14(40)8(2-34)53-30)15(41)9(3-35)52-29(13)59-27-16(42)10(4-36)54-32(23(27)49)57-25-12(6-38)55-31(22(48)19(25)45)56-24-11(5-37)51-28(50)20(46)18(24)44/h8-32,34-38,40-50H,2-6H2,1H3,(H,33,39)/t8-,9-,10-,11-,12-,13-,14+,15+,16+,17+,18-,19-,20-,21-,22-,23-,24-,25+,26-,27+,28-,29+,30+,31+,32-/m1/s1. The van der Waals surface area contributed by atoms with Crippen LogP contribution in [0.5, 0.6) is 0 Å². The third-order valence-electron chi connectivity index (χ3n) is 10.7. The van der Waals surface area contributed by atoms with E-state index in [9.17, 15) is 86.5 Å². The number of ether oxygens (including phenoxy) is 9. The lowest BCUT2D eigenvalue weighted by molar-refractivity contribution is -0.388. The SMILES string of the molecule is CC(=O)N[C@H]1[C@H](O[C@H]2[C@@H](O)[C@@H](CO)O[C@H](O[C@@H]3[C@H](O)[C@@H](O)[C@H](O[C@H]4[C@H](O)[C@@H](O)[C@H](O)O[C@@H]4CO)O[C@@H]3CO)[C@@H]2O)O[C@H](CO)[C@H](O)[C@@H]1O[C@@H]1O[C@H](CO)[C@H](O)[C@H](O)[C@H]1O. The molecule has 27 heteroatoms. The highest BCUT2D eigenvalue weighted by Gasteiger charge is 2.57. The van der Waals surface area contributed by atoms with E-state index in [1.54, 1.807) is 0 Å². The number of hydrogen-bond acceptors (Lipinski definition) is 26. The average molecular weight is 870 g/mol. The van der Waals surface area contributed by atoms with Gasteiger partial charge in [-0.25, -0.2) is 0 Å². The van der Waals surface area contributed by atoms with Crippen molar-refractivity contribution in [1.29, 1.82) is 0 Å². The van der Waals surface area contributed by atoms with Crippen molar-refractivity contribution in [3.8, 4) is 0 Å². The van der Waals surface area contributed by atoms with Crippen molar-refractivity contribution in [2.75, 3.05) is 33.0 Å². The first kappa shape index (κ1) is 48.5. The normalized spacial score (nSPS) is 51.0. The Morgan fingerprint density at radius 2 is 0.780 bits per heavy atom. The summed E-state index contributed by atoms with van der Waals surface area (Å²) in [6.07, 6.45) is -44.4. The molecule has 0 aromatic heterocycles. The number of hydrogen-bond donors (Lipinski definition) is 17. The zero-order chi connectivity index (χ0) is 43.6. The number of aliphatic hydroxyl groups is 16. The Morgan fingerprint density at radius 3 is 1.29 bits per heavy atom. The molecule has 5 aliphatic heterocycles. The second kappa shape index (κ2) is 20.8. The number of nitrogens with one attached hydrogen (secondary N) is 1. The van der Waals surface area contributed by atoms with Gasteiger partial charge in [-0.15, -0.1) is 0 Å². The van der Waals surface area contributed by atoms with Crippen molar-refractivity contribution >= 4 is 5.91 Å². The van der Waals surface area contributed by atoms with Crippen molar-refractivity contribution in [2.24, 2.45) is 0 Å². The van der Waals surface area contributed by atoms with Gasteiger partial charge >= 0.3 is 0 Å². The second-order valence-electron chi connectivity index (χ2n) is 14.7. The van der Waals surface area contributed by atoms with Gasteiger partial charge < -0.3 is 130 Å². The monoisotopic (exact) mass is 869 g/mol. The molecular formula is C32H55NO26. The summed E-state index contributed by atoms with van der Waals surface area (Å²) in [4.78, 5) is 12.4. The van der Waals surface area contributed by atoms with Gasteiger partial charge in [-0.3, -0.25) is 4.79 Å². The first-order valence-electron chi connectivity index (χ1n) is 18.6. The first-order chi connectivity index (χ1) is 27.9. The Kier molecular flexibility index (Phi) is 17.1. The maximum absolute atomic E-state index is 12.4. The maximum Gasteiger partial charge on any atom is 0.217 e. The summed E-state index contributed by atoms with van der Waals surface area (Å²) in [7, 11) is 0. The predicted molar refractivity (Wildman–Crippen MR) is 178 cm³/mol. The van der Waals surface area contributed by atoms with Gasteiger partial charge in [0.1, 0.15) is 122 Å². The Labute approximate surface area is 333 Å². The highest BCUT2D eigenvalue weighted by atomic mass is 16.8. The smallest absolute Gasteiger partial charge is 0.217 e. The Morgan fingerprint density at radius 1 is 0.407 bits per heavy atom. The Hall–Kier alpha value is -1.53. The average Bonchev–Trinajstić information content (AvgIpc) is 3.21. The highest BCUT2D eigenvalue weighted by Crippen LogP contribution is 2.35. The lowest BCUT2D eigenvalue weighted by Gasteiger charge is -2.50. The van der Waals surface area contributed by atoms with E-state index in [1.807, 2.05) is 0 Å². The molecule has 25 atom stereocenters. The summed E-state index contributed by atoms with van der Waals surface area (Å²) < 4.78 is 50.1. The molecule has 0 aromatic rings. The van der Waals surface area contributed by atoms with Crippen LogP contribution in [-0.2, 0) is 47.4 Å². The van der Waals surface area contributed by atoms with Gasteiger partial charge in [0.2, 0.25) is 5.91 Å². The Balaban J connectivity index is 1.35. The lowest BCUT2D eigenvalue weighted by atomic mass is 9.94. The molecule has 0 spiro atoms. The van der Waals surface area contributed by atoms with Crippen LogP contribution in [0.3, 0.4) is 0 Å². The fourth-order valence-electron chi connectivity index (χ4n) is 7.43. The largest absolute Gasteiger partial charge is 0.394 e. The minimum Gasteiger partial charge on any atom is -0.394 e. The minimum absolute atomic E-state index is 0.805. The van der Waals surface area contributed by atoms with Crippen LogP contribution in [0, 0.1) is 0 Å². The lowest BCUT2D eigenvalue weighted by Crippen LogP contribution is -2.70. The summed E-state index contributed by atoms with van der Waals surface area (Å²) in [5.41, 5.74) is 0. The first-order valence-corrected chi connectivity index (χ1v) is 18.6. The van der Waals surface area contributed by atoms with Gasteiger partial charge in [0.25, 0.3) is 0 Å². The fraction of sp³-hybridized carbons (Fsp3) is 0.969. The molecule has 5 aliphatic rings. The van der Waals surface area contributed by atoms with Gasteiger partial charge in [-0.1, -0.05) is 0 Å². The molecule has 0 radical (unpaired) electrons. The van der Waals surface area contributed by atoms with Crippen molar-refractivity contribution in [2.45, 2.75) is 160 Å². The van der Waals surface area contributed by atoms with Crippen LogP contribution in [0.2, 0.25) is 0 Å². The van der Waals surface area contributed by atoms with Crippen molar-refractivity contribution in [3.05, 3.63) is 0 Å². The highest BCUT2D eigenvalue weighted by molar-refractivity contribution is 5.73. The van der Waals surface area contributed by atoms with Crippen LogP contribution in [-0.4, -0.2) is 274 Å². The Bertz CT molecular complexity index is 1320. The van der Waals surface area contributed by atoms with E-state index in [0.29, 0.717) is 0 Å². The summed E-state index contributed by atoms with van der Waals surface area (Å²) >= 11 is 0. The van der Waals surface area contributed by atoms with Gasteiger partial charge in [-0.2, -0.15) is 0 Å². The van der Waals surface area contributed by atoms with Gasteiger partial charge in [0, 0.05) is 6.92 Å². The van der Waals surface area contributed by atoms with Gasteiger partial charge in [0.15, 0.2) is 31.5 Å². The molecule has 17 N–H and O–H groups in total. The van der Waals surface area contributed by atoms with Crippen LogP contribution in [0.1, 0.15) is 6.92 Å². The number of amides is 1. The molecule has 0 unspecified atom stereocenters. The molecule has 0 saturated carbocycles. The van der Waals surface area contributed by atoms with E-state index in [1.165, 1.54) is 0 Å². The van der Waals surface area contributed by atoms with Gasteiger partial charge in [-0.05, 0) is 0 Å². The minimum atomic E-state index is -2.15. The van der Waals surface area contributed by atoms with Crippen molar-refractivity contribution in [3.63, 3.8) is 0 Å². The van der Waals surface area contributed by atoms with Gasteiger partial charge in [0.05, 0.1) is 33.0 Å². The molecule has 1 amide bonds. The third-order valence-corrected chi connectivity index (χ3v) is 10.7. The molecule has 27 nitrogen and oxygen atoms in total. The zero-order valence-corrected chi connectivity index (χ0v) is 31.2. The fourth-order valence-corrected chi connectivity index (χ4v) is 7.43. The summed E-state index contributed by atoms with van der Waals surface area (Å²) in [5, 5.41) is 169. The molecule has 0 bridgehead atoms. The predicted octanol–water partition coefficient (Wildman–Crippen LogP) is -11.8. The third kappa shape index (κ3) is 10.2. The number of carbonyl (C=O) groups is 1. The van der Waals surface area contributed by atoms with E-state index in [4.69, 9.17) is 42.6 Å². The van der Waals surface area contributed by atoms with E-state index in [-0.39, 0.29) is 0 Å². The maximum atomic E-state index is 12.4. The topological polar surface area (TPSA) is 436 Å². The van der Waals surface area contributed by atoms with E-state index < -0.39 is 192 Å². The summed E-state index contributed by atoms with van der Waals surface area (Å²) in [6, 6.07) is -1.67. The van der Waals surface area contributed by atoms with E-state index >= 15 is 0 Å².